The minimum absolute atomic E-state index is 0.0849. The van der Waals surface area contributed by atoms with Crippen LogP contribution in [0.5, 0.6) is 5.75 Å². The summed E-state index contributed by atoms with van der Waals surface area (Å²) in [5.41, 5.74) is 2.21. The van der Waals surface area contributed by atoms with Crippen molar-refractivity contribution in [3.63, 3.8) is 0 Å². The summed E-state index contributed by atoms with van der Waals surface area (Å²) in [6, 6.07) is 11.0. The maximum atomic E-state index is 12.3. The number of ketones is 1. The fourth-order valence-corrected chi connectivity index (χ4v) is 2.77. The summed E-state index contributed by atoms with van der Waals surface area (Å²) in [5, 5.41) is 12.9. The number of para-hydroxylation sites is 2. The van der Waals surface area contributed by atoms with E-state index in [-0.39, 0.29) is 24.8 Å². The predicted molar refractivity (Wildman–Crippen MR) is 101 cm³/mol. The molecule has 4 rings (SSSR count). The lowest BCUT2D eigenvalue weighted by atomic mass is 10.2. The normalized spacial score (nSPS) is 15.1. The third-order valence-corrected chi connectivity index (χ3v) is 3.99. The van der Waals surface area contributed by atoms with Crippen molar-refractivity contribution >= 4 is 28.6 Å². The molecule has 2 aromatic heterocycles. The van der Waals surface area contributed by atoms with Crippen LogP contribution in [0.3, 0.4) is 0 Å². The third-order valence-electron chi connectivity index (χ3n) is 3.99. The molecule has 0 fully saturated rings. The molecule has 1 aliphatic rings. The molecule has 1 aromatic carbocycles. The molecule has 27 heavy (non-hydrogen) atoms. The lowest BCUT2D eigenvalue weighted by molar-refractivity contribution is -0.112. The van der Waals surface area contributed by atoms with Gasteiger partial charge in [-0.1, -0.05) is 12.1 Å². The molecule has 7 nitrogen and oxygen atoms in total. The number of pyridine rings is 1. The van der Waals surface area contributed by atoms with Crippen molar-refractivity contribution in [2.24, 2.45) is 0 Å². The Morgan fingerprint density at radius 2 is 2.15 bits per heavy atom. The van der Waals surface area contributed by atoms with Crippen LogP contribution in [0.4, 0.5) is 5.69 Å². The van der Waals surface area contributed by atoms with Crippen LogP contribution in [-0.4, -0.2) is 34.1 Å². The molecule has 3 heterocycles. The Hall–Kier alpha value is -3.58. The number of carbonyl (C=O) groups excluding carboxylic acids is 1. The van der Waals surface area contributed by atoms with E-state index in [0.29, 0.717) is 17.3 Å². The smallest absolute Gasteiger partial charge is 0.226 e. The summed E-state index contributed by atoms with van der Waals surface area (Å²) in [4.78, 5) is 19.6. The van der Waals surface area contributed by atoms with Crippen molar-refractivity contribution in [3.8, 4) is 5.75 Å². The van der Waals surface area contributed by atoms with E-state index in [1.165, 1.54) is 6.08 Å². The van der Waals surface area contributed by atoms with Gasteiger partial charge in [-0.05, 0) is 30.3 Å². The van der Waals surface area contributed by atoms with Crippen LogP contribution in [0.15, 0.2) is 66.5 Å². The van der Waals surface area contributed by atoms with Crippen LogP contribution < -0.4 is 10.1 Å². The summed E-state index contributed by atoms with van der Waals surface area (Å²) in [6.07, 6.45) is 6.56. The van der Waals surface area contributed by atoms with Gasteiger partial charge in [0.25, 0.3) is 0 Å². The Kier molecular flexibility index (Phi) is 4.59. The highest BCUT2D eigenvalue weighted by Crippen LogP contribution is 2.29. The number of hydrogen-bond acceptors (Lipinski definition) is 6. The molecule has 0 bridgehead atoms. The summed E-state index contributed by atoms with van der Waals surface area (Å²) < 4.78 is 11.2. The molecule has 0 unspecified atom stereocenters. The van der Waals surface area contributed by atoms with E-state index < -0.39 is 0 Å². The predicted octanol–water partition coefficient (Wildman–Crippen LogP) is 2.83. The van der Waals surface area contributed by atoms with Gasteiger partial charge in [0.05, 0.1) is 18.4 Å². The average Bonchev–Trinajstić information content (AvgIpc) is 3.25. The first kappa shape index (κ1) is 16.9. The molecule has 0 saturated heterocycles. The summed E-state index contributed by atoms with van der Waals surface area (Å²) in [6.45, 7) is 0.0929. The molecule has 3 aromatic rings. The second-order valence-electron chi connectivity index (χ2n) is 5.82. The van der Waals surface area contributed by atoms with Gasteiger partial charge < -0.3 is 24.9 Å². The molecule has 0 spiro atoms. The second-order valence-corrected chi connectivity index (χ2v) is 5.82. The Morgan fingerprint density at radius 1 is 1.26 bits per heavy atom. The molecule has 3 N–H and O–H groups in total. The van der Waals surface area contributed by atoms with Crippen molar-refractivity contribution < 1.29 is 19.4 Å². The number of aliphatic hydroxyl groups excluding tert-OH is 1. The van der Waals surface area contributed by atoms with Crippen molar-refractivity contribution in [3.05, 3.63) is 72.1 Å². The number of aromatic nitrogens is 2. The van der Waals surface area contributed by atoms with E-state index in [1.807, 2.05) is 24.3 Å². The minimum atomic E-state index is -0.232. The first-order chi connectivity index (χ1) is 13.2. The summed E-state index contributed by atoms with van der Waals surface area (Å²) in [5.74, 6) is 0.855. The van der Waals surface area contributed by atoms with Gasteiger partial charge in [0.15, 0.2) is 5.76 Å². The number of nitrogens with one attached hydrogen (secondary N) is 2. The van der Waals surface area contributed by atoms with Gasteiger partial charge in [-0.25, -0.2) is 4.98 Å². The van der Waals surface area contributed by atoms with Crippen LogP contribution >= 0.6 is 0 Å². The zero-order chi connectivity index (χ0) is 18.6. The van der Waals surface area contributed by atoms with Gasteiger partial charge in [-0.3, -0.25) is 4.79 Å². The number of hydrogen-bond donors (Lipinski definition) is 3. The van der Waals surface area contributed by atoms with Crippen molar-refractivity contribution in [2.45, 2.75) is 0 Å². The fourth-order valence-electron chi connectivity index (χ4n) is 2.77. The van der Waals surface area contributed by atoms with Gasteiger partial charge in [0, 0.05) is 23.3 Å². The van der Waals surface area contributed by atoms with Crippen LogP contribution in [0.25, 0.3) is 17.1 Å². The largest absolute Gasteiger partial charge is 0.489 e. The number of H-pyrrole nitrogens is 1. The van der Waals surface area contributed by atoms with Crippen molar-refractivity contribution in [1.82, 2.24) is 9.97 Å². The highest BCUT2D eigenvalue weighted by Gasteiger charge is 2.22. The Balaban J connectivity index is 1.53. The van der Waals surface area contributed by atoms with Crippen LogP contribution in [0.2, 0.25) is 0 Å². The third kappa shape index (κ3) is 3.54. The van der Waals surface area contributed by atoms with Gasteiger partial charge in [-0.2, -0.15) is 0 Å². The number of aliphatic hydroxyl groups is 1. The Morgan fingerprint density at radius 3 is 3.04 bits per heavy atom. The van der Waals surface area contributed by atoms with Crippen LogP contribution in [-0.2, 0) is 9.53 Å². The number of aromatic amines is 1. The Bertz CT molecular complexity index is 1050. The zero-order valence-corrected chi connectivity index (χ0v) is 14.3. The second kappa shape index (κ2) is 7.35. The van der Waals surface area contributed by atoms with E-state index in [9.17, 15) is 4.79 Å². The molecule has 0 atom stereocenters. The first-order valence-corrected chi connectivity index (χ1v) is 8.42. The molecule has 1 aliphatic heterocycles. The zero-order valence-electron chi connectivity index (χ0n) is 14.3. The quantitative estimate of drug-likeness (QED) is 0.583. The summed E-state index contributed by atoms with van der Waals surface area (Å²) >= 11 is 0. The maximum Gasteiger partial charge on any atom is 0.226 e. The highest BCUT2D eigenvalue weighted by molar-refractivity contribution is 6.09. The van der Waals surface area contributed by atoms with E-state index in [0.717, 1.165) is 16.6 Å². The number of fused-ring (bicyclic) bond motifs is 1. The summed E-state index contributed by atoms with van der Waals surface area (Å²) in [7, 11) is 0. The van der Waals surface area contributed by atoms with Crippen molar-refractivity contribution in [1.29, 1.82) is 0 Å². The monoisotopic (exact) mass is 363 g/mol. The molecule has 0 amide bonds. The SMILES string of the molecule is O=C1C=C(Nc2ccccc2OCCO)O/C1=C/c1c[nH]c2ncccc12. The van der Waals surface area contributed by atoms with E-state index >= 15 is 0 Å². The number of benzene rings is 1. The molecule has 0 aliphatic carbocycles. The number of carbonyl (C=O) groups is 1. The fraction of sp³-hybridized carbons (Fsp3) is 0.100. The lowest BCUT2D eigenvalue weighted by Crippen LogP contribution is -2.06. The molecular weight excluding hydrogens is 346 g/mol. The average molecular weight is 363 g/mol. The van der Waals surface area contributed by atoms with Crippen LogP contribution in [0, 0.1) is 0 Å². The molecular formula is C20H17N3O4. The standard InChI is InChI=1S/C20H17N3O4/c24-8-9-26-17-6-2-1-5-15(17)23-19-11-16(25)18(27-19)10-13-12-22-20-14(13)4-3-7-21-20/h1-7,10-12,23-24H,8-9H2,(H,21,22)/b18-10+. The topological polar surface area (TPSA) is 96.5 Å². The number of nitrogens with zero attached hydrogens (tertiary/aromatic N) is 1. The van der Waals surface area contributed by atoms with Crippen LogP contribution in [0.1, 0.15) is 5.56 Å². The molecule has 0 radical (unpaired) electrons. The van der Waals surface area contributed by atoms with Gasteiger partial charge in [-0.15, -0.1) is 0 Å². The minimum Gasteiger partial charge on any atom is -0.489 e. The number of ether oxygens (including phenoxy) is 2. The van der Waals surface area contributed by atoms with Gasteiger partial charge >= 0.3 is 0 Å². The van der Waals surface area contributed by atoms with E-state index in [4.69, 9.17) is 14.6 Å². The molecule has 0 saturated carbocycles. The van der Waals surface area contributed by atoms with Gasteiger partial charge in [0.2, 0.25) is 11.7 Å². The molecule has 7 heteroatoms. The van der Waals surface area contributed by atoms with E-state index in [1.54, 1.807) is 30.6 Å². The van der Waals surface area contributed by atoms with E-state index in [2.05, 4.69) is 15.3 Å². The maximum absolute atomic E-state index is 12.3. The first-order valence-electron chi connectivity index (χ1n) is 8.42. The number of rotatable bonds is 6. The number of allylic oxidation sites excluding steroid dienone is 1. The Labute approximate surface area is 155 Å². The highest BCUT2D eigenvalue weighted by atomic mass is 16.5. The molecule has 136 valence electrons. The number of anilines is 1. The van der Waals surface area contributed by atoms with Gasteiger partial charge in [0.1, 0.15) is 18.0 Å². The lowest BCUT2D eigenvalue weighted by Gasteiger charge is -2.12. The van der Waals surface area contributed by atoms with Crippen molar-refractivity contribution in [2.75, 3.05) is 18.5 Å².